The van der Waals surface area contributed by atoms with Gasteiger partial charge in [-0.1, -0.05) is 44.2 Å². The van der Waals surface area contributed by atoms with E-state index in [2.05, 4.69) is 36.6 Å². The van der Waals surface area contributed by atoms with Crippen LogP contribution in [0.2, 0.25) is 0 Å². The van der Waals surface area contributed by atoms with Gasteiger partial charge in [-0.05, 0) is 11.5 Å². The van der Waals surface area contributed by atoms with Crippen molar-refractivity contribution in [2.24, 2.45) is 5.92 Å². The van der Waals surface area contributed by atoms with Gasteiger partial charge in [-0.2, -0.15) is 0 Å². The number of carbonyl (C=O) groups is 2. The van der Waals surface area contributed by atoms with Gasteiger partial charge in [0.25, 0.3) is 0 Å². The summed E-state index contributed by atoms with van der Waals surface area (Å²) < 4.78 is 0. The van der Waals surface area contributed by atoms with Gasteiger partial charge in [-0.15, -0.1) is 0 Å². The molecule has 0 bridgehead atoms. The zero-order chi connectivity index (χ0) is 15.2. The normalized spacial score (nSPS) is 16.7. The zero-order valence-corrected chi connectivity index (χ0v) is 12.6. The second-order valence-corrected chi connectivity index (χ2v) is 5.68. The number of carbonyl (C=O) groups excluding carboxylic acids is 2. The minimum absolute atomic E-state index is 0.0218. The lowest BCUT2D eigenvalue weighted by Gasteiger charge is -2.28. The molecule has 0 saturated carbocycles. The Morgan fingerprint density at radius 3 is 2.67 bits per heavy atom. The van der Waals surface area contributed by atoms with Crippen molar-refractivity contribution in [1.29, 1.82) is 0 Å². The second-order valence-electron chi connectivity index (χ2n) is 5.68. The Kier molecular flexibility index (Phi) is 5.33. The van der Waals surface area contributed by atoms with E-state index in [0.717, 1.165) is 0 Å². The van der Waals surface area contributed by atoms with E-state index < -0.39 is 0 Å². The molecule has 0 aromatic heterocycles. The fraction of sp³-hybridized carbons (Fsp3) is 0.500. The van der Waals surface area contributed by atoms with Crippen LogP contribution in [0.15, 0.2) is 30.3 Å². The maximum absolute atomic E-state index is 12.2. The molecule has 5 nitrogen and oxygen atoms in total. The van der Waals surface area contributed by atoms with Gasteiger partial charge in [-0.25, -0.2) is 0 Å². The lowest BCUT2D eigenvalue weighted by molar-refractivity contribution is -0.137. The van der Waals surface area contributed by atoms with Gasteiger partial charge in [0.15, 0.2) is 0 Å². The fourth-order valence-electron chi connectivity index (χ4n) is 2.56. The van der Waals surface area contributed by atoms with Crippen LogP contribution in [-0.4, -0.2) is 42.9 Å². The summed E-state index contributed by atoms with van der Waals surface area (Å²) in [5, 5.41) is 6.05. The largest absolute Gasteiger partial charge is 0.353 e. The van der Waals surface area contributed by atoms with Gasteiger partial charge in [0.1, 0.15) is 0 Å². The summed E-state index contributed by atoms with van der Waals surface area (Å²) in [4.78, 5) is 25.1. The lowest BCUT2D eigenvalue weighted by Crippen LogP contribution is -2.52. The molecule has 0 radical (unpaired) electrons. The van der Waals surface area contributed by atoms with Crippen LogP contribution in [0.25, 0.3) is 0 Å². The number of hydrogen-bond donors (Lipinski definition) is 2. The predicted octanol–water partition coefficient (Wildman–Crippen LogP) is 0.932. The third-order valence-corrected chi connectivity index (χ3v) is 3.69. The molecule has 1 atom stereocenters. The molecule has 2 N–H and O–H groups in total. The summed E-state index contributed by atoms with van der Waals surface area (Å²) >= 11 is 0. The van der Waals surface area contributed by atoms with Crippen molar-refractivity contribution in [2.75, 3.05) is 26.2 Å². The maximum atomic E-state index is 12.2. The first kappa shape index (κ1) is 15.5. The van der Waals surface area contributed by atoms with E-state index in [1.807, 2.05) is 18.2 Å². The smallest absolute Gasteiger partial charge is 0.239 e. The number of nitrogens with zero attached hydrogens (tertiary/aromatic N) is 1. The summed E-state index contributed by atoms with van der Waals surface area (Å²) in [6, 6.07) is 10.3. The van der Waals surface area contributed by atoms with Crippen molar-refractivity contribution in [3.8, 4) is 0 Å². The third kappa shape index (κ3) is 4.29. The zero-order valence-electron chi connectivity index (χ0n) is 12.6. The quantitative estimate of drug-likeness (QED) is 0.848. The van der Waals surface area contributed by atoms with E-state index in [1.54, 1.807) is 4.90 Å². The van der Waals surface area contributed by atoms with E-state index in [0.29, 0.717) is 19.0 Å². The number of amides is 2. The fourth-order valence-corrected chi connectivity index (χ4v) is 2.56. The molecule has 1 heterocycles. The van der Waals surface area contributed by atoms with Gasteiger partial charge < -0.3 is 15.5 Å². The van der Waals surface area contributed by atoms with E-state index in [9.17, 15) is 9.59 Å². The van der Waals surface area contributed by atoms with Crippen molar-refractivity contribution in [3.05, 3.63) is 35.9 Å². The van der Waals surface area contributed by atoms with Crippen LogP contribution in [-0.2, 0) is 9.59 Å². The summed E-state index contributed by atoms with van der Waals surface area (Å²) in [6.45, 7) is 5.80. The van der Waals surface area contributed by atoms with E-state index in [4.69, 9.17) is 0 Å². The predicted molar refractivity (Wildman–Crippen MR) is 81.6 cm³/mol. The third-order valence-electron chi connectivity index (χ3n) is 3.69. The van der Waals surface area contributed by atoms with Gasteiger partial charge >= 0.3 is 0 Å². The van der Waals surface area contributed by atoms with Crippen LogP contribution in [0.4, 0.5) is 0 Å². The van der Waals surface area contributed by atoms with Crippen molar-refractivity contribution in [3.63, 3.8) is 0 Å². The summed E-state index contributed by atoms with van der Waals surface area (Å²) in [7, 11) is 0. The molecule has 0 spiro atoms. The summed E-state index contributed by atoms with van der Waals surface area (Å²) in [5.74, 6) is 0.273. The Labute approximate surface area is 125 Å². The maximum Gasteiger partial charge on any atom is 0.239 e. The first-order chi connectivity index (χ1) is 10.1. The number of nitrogens with one attached hydrogen (secondary N) is 2. The van der Waals surface area contributed by atoms with Crippen molar-refractivity contribution in [1.82, 2.24) is 15.5 Å². The van der Waals surface area contributed by atoms with Crippen LogP contribution in [0, 0.1) is 5.92 Å². The van der Waals surface area contributed by atoms with E-state index in [-0.39, 0.29) is 30.9 Å². The number of piperazine rings is 1. The number of rotatable bonds is 5. The van der Waals surface area contributed by atoms with Gasteiger partial charge in [-0.3, -0.25) is 9.59 Å². The highest BCUT2D eigenvalue weighted by Crippen LogP contribution is 2.20. The molecule has 21 heavy (non-hydrogen) atoms. The first-order valence-corrected chi connectivity index (χ1v) is 7.40. The van der Waals surface area contributed by atoms with Gasteiger partial charge in [0.05, 0.1) is 13.1 Å². The van der Waals surface area contributed by atoms with Crippen LogP contribution in [0.3, 0.4) is 0 Å². The second kappa shape index (κ2) is 7.22. The molecule has 1 aromatic rings. The lowest BCUT2D eigenvalue weighted by atomic mass is 9.96. The number of benzene rings is 1. The van der Waals surface area contributed by atoms with Crippen molar-refractivity contribution in [2.45, 2.75) is 19.9 Å². The molecule has 2 rings (SSSR count). The molecule has 0 unspecified atom stereocenters. The van der Waals surface area contributed by atoms with Crippen LogP contribution in [0.1, 0.15) is 25.5 Å². The minimum atomic E-state index is -0.0851. The van der Waals surface area contributed by atoms with Crippen LogP contribution < -0.4 is 10.6 Å². The Morgan fingerprint density at radius 1 is 1.33 bits per heavy atom. The minimum Gasteiger partial charge on any atom is -0.353 e. The average molecular weight is 289 g/mol. The first-order valence-electron chi connectivity index (χ1n) is 7.40. The average Bonchev–Trinajstić information content (AvgIpc) is 2.48. The monoisotopic (exact) mass is 289 g/mol. The van der Waals surface area contributed by atoms with Crippen LogP contribution in [0.5, 0.6) is 0 Å². The summed E-state index contributed by atoms with van der Waals surface area (Å²) in [6.07, 6.45) is 0. The Bertz CT molecular complexity index is 488. The molecular weight excluding hydrogens is 266 g/mol. The Hall–Kier alpha value is -1.88. The van der Waals surface area contributed by atoms with Crippen LogP contribution >= 0.6 is 0 Å². The standard InChI is InChI=1S/C16H23N3O2/c1-12(2)16(13-6-4-3-5-7-13)18-10-15(21)19-9-8-17-14(20)11-19/h3-7,12,16,18H,8-11H2,1-2H3,(H,17,20)/t16-/m1/s1. The highest BCUT2D eigenvalue weighted by Gasteiger charge is 2.22. The molecule has 1 saturated heterocycles. The highest BCUT2D eigenvalue weighted by molar-refractivity contribution is 5.86. The van der Waals surface area contributed by atoms with Gasteiger partial charge in [0, 0.05) is 19.1 Å². The SMILES string of the molecule is CC(C)[C@@H](NCC(=O)N1CCNC(=O)C1)c1ccccc1. The molecule has 1 fully saturated rings. The molecular formula is C16H23N3O2. The molecule has 2 amide bonds. The molecule has 114 valence electrons. The summed E-state index contributed by atoms with van der Waals surface area (Å²) in [5.41, 5.74) is 1.18. The van der Waals surface area contributed by atoms with E-state index in [1.165, 1.54) is 5.56 Å². The number of hydrogen-bond acceptors (Lipinski definition) is 3. The molecule has 1 aliphatic rings. The highest BCUT2D eigenvalue weighted by atomic mass is 16.2. The molecule has 1 aliphatic heterocycles. The molecule has 5 heteroatoms. The van der Waals surface area contributed by atoms with Crippen molar-refractivity contribution >= 4 is 11.8 Å². The van der Waals surface area contributed by atoms with Gasteiger partial charge in [0.2, 0.25) is 11.8 Å². The van der Waals surface area contributed by atoms with Crippen molar-refractivity contribution < 1.29 is 9.59 Å². The Balaban J connectivity index is 1.93. The molecule has 0 aliphatic carbocycles. The van der Waals surface area contributed by atoms with E-state index >= 15 is 0 Å². The molecule has 1 aromatic carbocycles. The topological polar surface area (TPSA) is 61.4 Å². The Morgan fingerprint density at radius 2 is 2.05 bits per heavy atom.